The van der Waals surface area contributed by atoms with Crippen LogP contribution in [0.25, 0.3) is 34.2 Å². The summed E-state index contributed by atoms with van der Waals surface area (Å²) >= 11 is 10.5. The van der Waals surface area contributed by atoms with Crippen molar-refractivity contribution in [2.24, 2.45) is 5.92 Å². The first-order chi connectivity index (χ1) is 75.9. The Morgan fingerprint density at radius 3 is 1.36 bits per heavy atom. The minimum atomic E-state index is -4.02. The van der Waals surface area contributed by atoms with Crippen LogP contribution in [0, 0.1) is 26.7 Å². The Morgan fingerprint density at radius 1 is 0.560 bits per heavy atom. The number of hydrogen-bond donors (Lipinski definition) is 6. The van der Waals surface area contributed by atoms with Crippen molar-refractivity contribution in [3.05, 3.63) is 230 Å². The molecular formula is C89H127BCl3LiN20O18S2. The summed E-state index contributed by atoms with van der Waals surface area (Å²) in [6, 6.07) is 14.4. The van der Waals surface area contributed by atoms with E-state index in [0.717, 1.165) is 62.1 Å². The predicted molar refractivity (Wildman–Crippen MR) is 511 cm³/mol. The smallest absolute Gasteiger partial charge is 0.478 e. The number of aliphatic hydroxyl groups excluding tert-OH is 2. The Balaban J connectivity index is 0. The molecule has 4 unspecified atom stereocenters. The van der Waals surface area contributed by atoms with Crippen LogP contribution in [0.1, 0.15) is 281 Å². The molecule has 0 aliphatic rings. The summed E-state index contributed by atoms with van der Waals surface area (Å²) in [5.74, 6) is -2.92. The number of halogens is 3. The van der Waals surface area contributed by atoms with Crippen LogP contribution in [-0.4, -0.2) is 209 Å². The summed E-state index contributed by atoms with van der Waals surface area (Å²) < 4.78 is 306. The number of nitrogens with zero attached hydrogens (tertiary/aromatic N) is 19. The number of carbonyl (C=O) groups is 5. The molecule has 2 aromatic carbocycles. The van der Waals surface area contributed by atoms with E-state index >= 15 is 0 Å². The van der Waals surface area contributed by atoms with Crippen molar-refractivity contribution < 1.29 is 149 Å². The van der Waals surface area contributed by atoms with Crippen LogP contribution in [-0.2, 0) is 49.0 Å². The molecule has 728 valence electrons. The van der Waals surface area contributed by atoms with Gasteiger partial charge in [-0.05, 0) is 204 Å². The number of ketones is 1. The van der Waals surface area contributed by atoms with Gasteiger partial charge in [0.05, 0.1) is 70.7 Å². The van der Waals surface area contributed by atoms with Gasteiger partial charge in [0.1, 0.15) is 64.3 Å². The van der Waals surface area contributed by atoms with Gasteiger partial charge in [0, 0.05) is 184 Å². The molecule has 45 heteroatoms. The predicted octanol–water partition coefficient (Wildman–Crippen LogP) is 13.1. The molecule has 6 N–H and O–H groups in total. The van der Waals surface area contributed by atoms with E-state index in [1.165, 1.54) is 136 Å². The van der Waals surface area contributed by atoms with E-state index in [1.54, 1.807) is 75.9 Å². The van der Waals surface area contributed by atoms with Crippen LogP contribution >= 0.6 is 33.9 Å². The maximum absolute atomic E-state index is 12.1. The molecule has 0 spiro atoms. The summed E-state index contributed by atoms with van der Waals surface area (Å²) in [6.07, 6.45) is 21.2. The Labute approximate surface area is 859 Å². The molecule has 10 heterocycles. The first-order valence-corrected chi connectivity index (χ1v) is 43.2. The Morgan fingerprint density at radius 2 is 0.993 bits per heavy atom. The number of hydrogen-bond acceptors (Lipinski definition) is 31. The minimum absolute atomic E-state index is 0. The van der Waals surface area contributed by atoms with Crippen LogP contribution in [0.15, 0.2) is 194 Å². The number of Topliss-reactive ketones (excluding diaryl/α,β-unsaturated/α-hetero) is 1. The molecule has 0 aliphatic heterocycles. The fraction of sp³-hybridized carbons (Fsp3) is 0.416. The number of H-pyrrole nitrogens is 1. The number of aromatic nitrogens is 20. The molecule has 38 nitrogen and oxygen atoms in total. The van der Waals surface area contributed by atoms with Crippen LogP contribution in [0.3, 0.4) is 0 Å². The van der Waals surface area contributed by atoms with Gasteiger partial charge in [0.15, 0.2) is 0 Å². The molecule has 12 aromatic rings. The SMILES string of the molecule is CC(C)COC(=O)Cl.CCOC(=O)c1cncnc1Cl.Cc1ccc(S(=O)(=O)Cl)cc1.[2H]C([2H])([2H])C(C)=O.[2H]C([2H])([2H])C(C)O.[2H]C([2H])([2H])C(C)OS(=O)(=O)c1ccc(C)cc1.[2H]C([2H])([2H])C(C)n1cccn1.[2H]C([2H])([2H])C(C)n1nccc1B(O)O.[2H]C([2H])([2H])C(n1nccc1-c1ncncc1C(=O)O)C([2H])([2H])[2H].[2H]C([2H])([2H])C(n1nccc1-c1ncncc1C(=O)OCC)C([2H])([2H])[2H].[2H]C([2H])([2H])C(n1nccc1-c1ncncc1CO)C([2H])([2H])[2H].[CH2-]CCC.[Li+].c1cn[nH]c1. The van der Waals surface area contributed by atoms with E-state index in [-0.39, 0.29) is 103 Å². The summed E-state index contributed by atoms with van der Waals surface area (Å²) in [4.78, 5) is 84.6. The van der Waals surface area contributed by atoms with Crippen molar-refractivity contribution in [2.75, 3.05) is 19.8 Å². The Bertz CT molecular complexity index is 6740. The third-order valence-corrected chi connectivity index (χ3v) is 17.3. The number of benzene rings is 2. The van der Waals surface area contributed by atoms with E-state index in [9.17, 15) is 51.0 Å². The van der Waals surface area contributed by atoms with Gasteiger partial charge in [-0.1, -0.05) is 74.2 Å². The first kappa shape index (κ1) is 77.0. The molecule has 0 bridgehead atoms. The average molecular weight is 1990 g/mol. The number of esters is 2. The number of rotatable bonds is 22. The van der Waals surface area contributed by atoms with Crippen LogP contribution in [0.5, 0.6) is 0 Å². The fourth-order valence-electron chi connectivity index (χ4n) is 8.53. The van der Waals surface area contributed by atoms with Gasteiger partial charge in [-0.3, -0.25) is 32.7 Å². The zero-order valence-corrected chi connectivity index (χ0v) is 78.9. The maximum Gasteiger partial charge on any atom is 1.00 e. The summed E-state index contributed by atoms with van der Waals surface area (Å²) in [5, 5.41) is 70.1. The molecule has 0 aliphatic carbocycles. The number of aryl methyl sites for hydroxylation is 2. The first-order valence-electron chi connectivity index (χ1n) is 55.2. The molecule has 0 fully saturated rings. The number of ether oxygens (including phenoxy) is 3. The molecular weight excluding hydrogens is 1830 g/mol. The number of carboxylic acid groups (broad SMARTS) is 1. The van der Waals surface area contributed by atoms with Crippen LogP contribution < -0.4 is 24.5 Å². The van der Waals surface area contributed by atoms with Gasteiger partial charge in [0.25, 0.3) is 19.2 Å². The number of nitrogens with one attached hydrogen (secondary N) is 1. The standard InChI is InChI=1S/C13H16N4O2.C11H12N4O2.C11H14N4O.C10H14O3S.C7H7ClN2O2.C7H7ClO2S.C6H11BN2O2.C6H10N2.C5H9ClO2.C4H9.C3H4N2.C3H8O.C3H6O.Li/c1-4-19-13(18)10-7-14-8-15-12(10)11-5-6-16-17(11)9(2)3;1-7(2)15-9(3-4-14-15)10-8(11(16)17)5-12-6-13-10;1-8(2)15-10(3-4-14-15)11-9(6-16)5-12-7-13-11;1-8(2)13-14(11,12)10-6-4-9(3)5-7-10;1-2-12-7(11)5-3-9-4-10-6(5)8;1-6-2-4-7(5-3-6)11(8,9)10;1-5(2)9-6(7(10)11)3-4-8-9;1-6(2)8-5-3-4-7-8;1-4(2)3-8-5(6)7;1-3-4-2;1-2-4-5-3-1;2*1-3(2)4;/h5-9H,4H2,1-3H3;3-7H,1-2H3,(H,16,17);3-5,7-8,16H,6H2,1-2H3;4-8H,1-3H3;3-4H,2H2,1H3;2-5H,1H3;3-5,10-11H,1-2H3;3-6H,1-2H3;4H,3H2,1-2H3;1,3-4H2,2H3;1-3H,(H,4,5);3-4H,1-2H3;1-2H3;/q;;;;;;;;;-1;;;;+1/i2D3,3D3;2*1D3,2D3;1D3;;;2*1D3;;;;2*1D3;. The van der Waals surface area contributed by atoms with Crippen molar-refractivity contribution in [1.29, 1.82) is 0 Å². The van der Waals surface area contributed by atoms with E-state index in [1.807, 2.05) is 33.8 Å². The number of carboxylic acids is 1. The van der Waals surface area contributed by atoms with E-state index in [0.29, 0.717) is 24.7 Å². The average Bonchev–Trinajstić information content (AvgIpc) is 1.09. The third-order valence-electron chi connectivity index (χ3n) is 14.2. The number of carbonyl (C=O) groups excluding carboxylic acids is 4. The second-order valence-corrected chi connectivity index (χ2v) is 30.6. The topological polar surface area (TPSA) is 513 Å². The van der Waals surface area contributed by atoms with Gasteiger partial charge in [-0.25, -0.2) is 67.5 Å². The van der Waals surface area contributed by atoms with Gasteiger partial charge >= 0.3 is 49.3 Å². The van der Waals surface area contributed by atoms with Crippen LogP contribution in [0.4, 0.5) is 4.79 Å². The normalized spacial score (nSPS) is 15.8. The van der Waals surface area contributed by atoms with Gasteiger partial charge in [-0.2, -0.15) is 45.4 Å². The van der Waals surface area contributed by atoms with Gasteiger partial charge < -0.3 is 51.3 Å². The van der Waals surface area contributed by atoms with E-state index in [2.05, 4.69) is 98.3 Å². The van der Waals surface area contributed by atoms with Crippen LogP contribution in [0.2, 0.25) is 5.15 Å². The number of aromatic carboxylic acids is 1. The molecule has 10 aromatic heterocycles. The molecule has 134 heavy (non-hydrogen) atoms. The van der Waals surface area contributed by atoms with Crippen molar-refractivity contribution in [2.45, 2.75) is 230 Å². The van der Waals surface area contributed by atoms with Crippen molar-refractivity contribution in [3.63, 3.8) is 0 Å². The zero-order chi connectivity index (χ0) is 129. The fourth-order valence-corrected chi connectivity index (χ4v) is 10.5. The van der Waals surface area contributed by atoms with Gasteiger partial charge in [0.2, 0.25) is 0 Å². The third kappa shape index (κ3) is 51.3. The molecule has 12 rings (SSSR count). The molecule has 0 radical (unpaired) electrons. The number of aromatic amines is 1. The van der Waals surface area contributed by atoms with E-state index < -0.39 is 173 Å². The van der Waals surface area contributed by atoms with Crippen molar-refractivity contribution in [1.82, 2.24) is 99.0 Å². The monoisotopic (exact) mass is 1980 g/mol. The Hall–Kier alpha value is -11.2. The molecule has 0 saturated heterocycles. The number of unbranched alkanes of at least 4 members (excludes halogenated alkanes) is 1. The van der Waals surface area contributed by atoms with Crippen molar-refractivity contribution >= 4 is 94.9 Å². The largest absolute Gasteiger partial charge is 1.00 e. The number of aliphatic hydroxyl groups is 2. The second kappa shape index (κ2) is 68.7. The summed E-state index contributed by atoms with van der Waals surface area (Å²) in [6.45, 7) is -4.51. The summed E-state index contributed by atoms with van der Waals surface area (Å²) in [5.41, 5.74) is 1.94. The minimum Gasteiger partial charge on any atom is -0.478 e. The maximum atomic E-state index is 12.1. The van der Waals surface area contributed by atoms with E-state index in [4.69, 9.17) is 104 Å². The van der Waals surface area contributed by atoms with Crippen molar-refractivity contribution in [3.8, 4) is 34.2 Å². The Kier molecular flexibility index (Phi) is 39.5. The second-order valence-electron chi connectivity index (χ2n) is 25.8. The molecule has 4 atom stereocenters. The molecule has 0 amide bonds. The quantitative estimate of drug-likeness (QED) is 0.00698. The summed E-state index contributed by atoms with van der Waals surface area (Å²) in [7, 11) is -4.19. The van der Waals surface area contributed by atoms with Gasteiger partial charge in [-0.15, -0.1) is 0 Å². The molecule has 0 saturated carbocycles. The zero-order valence-electron chi connectivity index (χ0n) is 108.